The summed E-state index contributed by atoms with van der Waals surface area (Å²) in [5.41, 5.74) is 3.84. The number of aromatic nitrogens is 5. The van der Waals surface area contributed by atoms with E-state index in [9.17, 15) is 13.2 Å². The number of benzene rings is 1. The highest BCUT2D eigenvalue weighted by Gasteiger charge is 2.31. The van der Waals surface area contributed by atoms with Gasteiger partial charge >= 0.3 is 6.36 Å². The Kier molecular flexibility index (Phi) is 4.98. The Morgan fingerprint density at radius 1 is 1.07 bits per heavy atom. The lowest BCUT2D eigenvalue weighted by molar-refractivity contribution is -0.274. The van der Waals surface area contributed by atoms with Crippen LogP contribution < -0.4 is 4.74 Å². The van der Waals surface area contributed by atoms with Crippen LogP contribution in [0.3, 0.4) is 0 Å². The van der Waals surface area contributed by atoms with Gasteiger partial charge in [0.2, 0.25) is 5.82 Å². The Morgan fingerprint density at radius 2 is 1.83 bits per heavy atom. The Balaban J connectivity index is 1.52. The molecule has 154 valence electrons. The first kappa shape index (κ1) is 19.6. The molecule has 0 radical (unpaired) electrons. The summed E-state index contributed by atoms with van der Waals surface area (Å²) in [5, 5.41) is 8.40. The number of pyridine rings is 1. The molecule has 3 heterocycles. The third kappa shape index (κ3) is 4.48. The molecule has 0 atom stereocenters. The highest BCUT2D eigenvalue weighted by atomic mass is 19.4. The van der Waals surface area contributed by atoms with Gasteiger partial charge in [-0.3, -0.25) is 9.67 Å². The van der Waals surface area contributed by atoms with Crippen LogP contribution in [0.15, 0.2) is 53.2 Å². The maximum Gasteiger partial charge on any atom is 0.573 e. The Morgan fingerprint density at radius 3 is 2.50 bits per heavy atom. The van der Waals surface area contributed by atoms with Gasteiger partial charge in [-0.25, -0.2) is 0 Å². The van der Waals surface area contributed by atoms with E-state index in [-0.39, 0.29) is 17.5 Å². The van der Waals surface area contributed by atoms with Crippen molar-refractivity contribution >= 4 is 0 Å². The van der Waals surface area contributed by atoms with E-state index in [1.54, 1.807) is 10.9 Å². The van der Waals surface area contributed by atoms with Crippen LogP contribution in [0.5, 0.6) is 5.75 Å². The summed E-state index contributed by atoms with van der Waals surface area (Å²) < 4.78 is 47.8. The predicted molar refractivity (Wildman–Crippen MR) is 100 cm³/mol. The van der Waals surface area contributed by atoms with Crippen LogP contribution in [0.4, 0.5) is 13.2 Å². The van der Waals surface area contributed by atoms with E-state index in [1.165, 1.54) is 24.3 Å². The number of hydrogen-bond acceptors (Lipinski definition) is 6. The first-order valence-corrected chi connectivity index (χ1v) is 8.93. The molecule has 0 fully saturated rings. The predicted octanol–water partition coefficient (Wildman–Crippen LogP) is 4.56. The van der Waals surface area contributed by atoms with Crippen LogP contribution in [0, 0.1) is 13.8 Å². The topological polar surface area (TPSA) is 78.9 Å². The molecule has 3 aromatic heterocycles. The molecule has 4 rings (SSSR count). The van der Waals surface area contributed by atoms with Crippen molar-refractivity contribution in [3.05, 3.63) is 65.6 Å². The number of ether oxygens (including phenoxy) is 1. The smallest absolute Gasteiger partial charge is 0.406 e. The molecule has 0 aliphatic carbocycles. The maximum absolute atomic E-state index is 12.3. The van der Waals surface area contributed by atoms with Crippen LogP contribution in [0.2, 0.25) is 0 Å². The minimum atomic E-state index is -4.74. The molecular weight excluding hydrogens is 399 g/mol. The zero-order valence-corrected chi connectivity index (χ0v) is 16.0. The van der Waals surface area contributed by atoms with E-state index >= 15 is 0 Å². The molecule has 0 spiro atoms. The van der Waals surface area contributed by atoms with Gasteiger partial charge in [-0.2, -0.15) is 10.1 Å². The van der Waals surface area contributed by atoms with Gasteiger partial charge in [0.05, 0.1) is 6.54 Å². The molecule has 0 saturated heterocycles. The number of hydrogen-bond donors (Lipinski definition) is 0. The highest BCUT2D eigenvalue weighted by molar-refractivity contribution is 5.58. The van der Waals surface area contributed by atoms with Crippen molar-refractivity contribution in [1.82, 2.24) is 24.9 Å². The second-order valence-corrected chi connectivity index (χ2v) is 6.63. The third-order valence-electron chi connectivity index (χ3n) is 4.28. The highest BCUT2D eigenvalue weighted by Crippen LogP contribution is 2.27. The summed E-state index contributed by atoms with van der Waals surface area (Å²) >= 11 is 0. The number of alkyl halides is 3. The zero-order chi connectivity index (χ0) is 21.3. The summed E-state index contributed by atoms with van der Waals surface area (Å²) in [5.74, 6) is 0.123. The number of rotatable bonds is 5. The molecule has 0 aliphatic rings. The average Bonchev–Trinajstić information content (AvgIpc) is 3.30. The van der Waals surface area contributed by atoms with Gasteiger partial charge < -0.3 is 9.26 Å². The molecule has 0 amide bonds. The normalized spacial score (nSPS) is 11.6. The van der Waals surface area contributed by atoms with E-state index in [0.29, 0.717) is 17.8 Å². The molecule has 4 aromatic rings. The second-order valence-electron chi connectivity index (χ2n) is 6.63. The summed E-state index contributed by atoms with van der Waals surface area (Å²) in [7, 11) is 0. The fraction of sp³-hybridized carbons (Fsp3) is 0.200. The van der Waals surface area contributed by atoms with E-state index in [1.807, 2.05) is 32.0 Å². The SMILES string of the molecule is Cc1ccc(Cn2nc(-c3nc(-c4ccc(OC(F)(F)F)cc4)no3)cc2C)cn1. The van der Waals surface area contributed by atoms with Crippen molar-refractivity contribution in [2.75, 3.05) is 0 Å². The second kappa shape index (κ2) is 7.62. The van der Waals surface area contributed by atoms with Crippen molar-refractivity contribution in [2.24, 2.45) is 0 Å². The lowest BCUT2D eigenvalue weighted by atomic mass is 10.2. The molecule has 0 bridgehead atoms. The largest absolute Gasteiger partial charge is 0.573 e. The number of nitrogens with zero attached hydrogens (tertiary/aromatic N) is 5. The van der Waals surface area contributed by atoms with E-state index in [2.05, 4.69) is 25.0 Å². The quantitative estimate of drug-likeness (QED) is 0.476. The Hall–Kier alpha value is -3.69. The van der Waals surface area contributed by atoms with E-state index < -0.39 is 6.36 Å². The lowest BCUT2D eigenvalue weighted by Crippen LogP contribution is -2.16. The van der Waals surface area contributed by atoms with Gasteiger partial charge in [-0.05, 0) is 55.8 Å². The molecule has 0 N–H and O–H groups in total. The van der Waals surface area contributed by atoms with E-state index in [4.69, 9.17) is 4.52 Å². The van der Waals surface area contributed by atoms with Gasteiger partial charge in [-0.1, -0.05) is 11.2 Å². The molecule has 0 unspecified atom stereocenters. The van der Waals surface area contributed by atoms with Crippen molar-refractivity contribution in [3.63, 3.8) is 0 Å². The minimum Gasteiger partial charge on any atom is -0.406 e. The average molecular weight is 415 g/mol. The van der Waals surface area contributed by atoms with Crippen LogP contribution in [-0.4, -0.2) is 31.3 Å². The molecular formula is C20H16F3N5O2. The first-order valence-electron chi connectivity index (χ1n) is 8.93. The van der Waals surface area contributed by atoms with Gasteiger partial charge in [-0.15, -0.1) is 13.2 Å². The minimum absolute atomic E-state index is 0.212. The van der Waals surface area contributed by atoms with E-state index in [0.717, 1.165) is 17.0 Å². The summed E-state index contributed by atoms with van der Waals surface area (Å²) in [6.07, 6.45) is -2.95. The van der Waals surface area contributed by atoms with Gasteiger partial charge in [0.25, 0.3) is 5.89 Å². The first-order chi connectivity index (χ1) is 14.3. The van der Waals surface area contributed by atoms with Crippen LogP contribution in [0.25, 0.3) is 23.0 Å². The molecule has 1 aromatic carbocycles. The molecule has 0 aliphatic heterocycles. The van der Waals surface area contributed by atoms with Crippen molar-refractivity contribution in [3.8, 4) is 28.7 Å². The Bertz CT molecular complexity index is 1150. The molecule has 0 saturated carbocycles. The standard InChI is InChI=1S/C20H16F3N5O2/c1-12-3-4-14(10-24-12)11-28-13(2)9-17(26-28)19-25-18(27-30-19)15-5-7-16(8-6-15)29-20(21,22)23/h3-10H,11H2,1-2H3. The summed E-state index contributed by atoms with van der Waals surface area (Å²) in [6, 6.07) is 11.0. The van der Waals surface area contributed by atoms with Gasteiger partial charge in [0.1, 0.15) is 5.75 Å². The summed E-state index contributed by atoms with van der Waals surface area (Å²) in [4.78, 5) is 8.58. The fourth-order valence-corrected chi connectivity index (χ4v) is 2.79. The molecule has 30 heavy (non-hydrogen) atoms. The van der Waals surface area contributed by atoms with Crippen molar-refractivity contribution in [2.45, 2.75) is 26.8 Å². The van der Waals surface area contributed by atoms with Crippen molar-refractivity contribution in [1.29, 1.82) is 0 Å². The lowest BCUT2D eigenvalue weighted by Gasteiger charge is -2.08. The third-order valence-corrected chi connectivity index (χ3v) is 4.28. The van der Waals surface area contributed by atoms with Crippen molar-refractivity contribution < 1.29 is 22.4 Å². The Labute approximate surface area is 169 Å². The number of halogens is 3. The molecule has 7 nitrogen and oxygen atoms in total. The fourth-order valence-electron chi connectivity index (χ4n) is 2.79. The maximum atomic E-state index is 12.3. The van der Waals surface area contributed by atoms with Crippen LogP contribution >= 0.6 is 0 Å². The van der Waals surface area contributed by atoms with Gasteiger partial charge in [0, 0.05) is 23.1 Å². The van der Waals surface area contributed by atoms with Crippen LogP contribution in [0.1, 0.15) is 17.0 Å². The summed E-state index contributed by atoms with van der Waals surface area (Å²) in [6.45, 7) is 4.38. The number of aryl methyl sites for hydroxylation is 2. The molecule has 10 heteroatoms. The monoisotopic (exact) mass is 415 g/mol. The zero-order valence-electron chi connectivity index (χ0n) is 16.0. The van der Waals surface area contributed by atoms with Crippen LogP contribution in [-0.2, 0) is 6.54 Å². The van der Waals surface area contributed by atoms with Gasteiger partial charge in [0.15, 0.2) is 5.69 Å².